The van der Waals surface area contributed by atoms with E-state index in [2.05, 4.69) is 15.5 Å². The predicted octanol–water partition coefficient (Wildman–Crippen LogP) is 2.58. The zero-order chi connectivity index (χ0) is 11.0. The molecule has 0 aliphatic heterocycles. The second-order valence-corrected chi connectivity index (χ2v) is 5.54. The zero-order valence-electron chi connectivity index (χ0n) is 9.80. The van der Waals surface area contributed by atoms with E-state index in [4.69, 9.17) is 4.42 Å². The van der Waals surface area contributed by atoms with Gasteiger partial charge in [-0.25, -0.2) is 0 Å². The van der Waals surface area contributed by atoms with E-state index in [1.807, 2.05) is 41.5 Å². The van der Waals surface area contributed by atoms with Crippen molar-refractivity contribution in [3.05, 3.63) is 5.89 Å². The van der Waals surface area contributed by atoms with E-state index in [0.717, 1.165) is 0 Å². The third kappa shape index (κ3) is 3.01. The second kappa shape index (κ2) is 3.26. The van der Waals surface area contributed by atoms with Gasteiger partial charge in [0.25, 0.3) is 0 Å². The molecule has 0 fully saturated rings. The largest absolute Gasteiger partial charge is 0.408 e. The molecule has 1 aromatic rings. The molecule has 1 rings (SSSR count). The monoisotopic (exact) mass is 197 g/mol. The van der Waals surface area contributed by atoms with E-state index in [0.29, 0.717) is 11.9 Å². The van der Waals surface area contributed by atoms with Gasteiger partial charge in [0.05, 0.1) is 0 Å². The van der Waals surface area contributed by atoms with Gasteiger partial charge >= 0.3 is 6.01 Å². The van der Waals surface area contributed by atoms with Crippen LogP contribution in [0.2, 0.25) is 0 Å². The molecular weight excluding hydrogens is 178 g/mol. The fourth-order valence-electron chi connectivity index (χ4n) is 0.898. The van der Waals surface area contributed by atoms with E-state index in [1.54, 1.807) is 0 Å². The number of aromatic nitrogens is 2. The summed E-state index contributed by atoms with van der Waals surface area (Å²) in [5, 5.41) is 11.1. The Kier molecular flexibility index (Phi) is 2.56. The Morgan fingerprint density at radius 1 is 1.00 bits per heavy atom. The number of hydrogen-bond donors (Lipinski definition) is 1. The first kappa shape index (κ1) is 11.0. The molecule has 0 atom stereocenters. The van der Waals surface area contributed by atoms with Gasteiger partial charge in [-0.1, -0.05) is 25.9 Å². The molecular formula is C10H19N3O. The lowest BCUT2D eigenvalue weighted by Crippen LogP contribution is -2.26. The molecule has 0 saturated heterocycles. The summed E-state index contributed by atoms with van der Waals surface area (Å²) in [6.45, 7) is 12.3. The minimum Gasteiger partial charge on any atom is -0.408 e. The van der Waals surface area contributed by atoms with Crippen LogP contribution < -0.4 is 5.32 Å². The summed E-state index contributed by atoms with van der Waals surface area (Å²) >= 11 is 0. The van der Waals surface area contributed by atoms with Crippen molar-refractivity contribution in [2.45, 2.75) is 52.5 Å². The molecule has 14 heavy (non-hydrogen) atoms. The Balaban J connectivity index is 2.79. The highest BCUT2D eigenvalue weighted by molar-refractivity contribution is 5.22. The Hall–Kier alpha value is -1.06. The lowest BCUT2D eigenvalue weighted by atomic mass is 9.97. The summed E-state index contributed by atoms with van der Waals surface area (Å²) in [5.74, 6) is 0.657. The van der Waals surface area contributed by atoms with Crippen LogP contribution in [0.1, 0.15) is 47.4 Å². The minimum absolute atomic E-state index is 0.0539. The molecule has 0 aliphatic rings. The Morgan fingerprint density at radius 2 is 1.57 bits per heavy atom. The van der Waals surface area contributed by atoms with Crippen molar-refractivity contribution < 1.29 is 4.42 Å². The van der Waals surface area contributed by atoms with Crippen molar-refractivity contribution in [1.82, 2.24) is 10.2 Å². The van der Waals surface area contributed by atoms with E-state index in [9.17, 15) is 0 Å². The van der Waals surface area contributed by atoms with Gasteiger partial charge in [-0.15, -0.1) is 5.10 Å². The molecule has 0 aromatic carbocycles. The van der Waals surface area contributed by atoms with Crippen LogP contribution in [0.5, 0.6) is 0 Å². The van der Waals surface area contributed by atoms with Gasteiger partial charge in [0.2, 0.25) is 5.89 Å². The van der Waals surface area contributed by atoms with Crippen molar-refractivity contribution >= 4 is 6.01 Å². The van der Waals surface area contributed by atoms with E-state index < -0.39 is 0 Å². The first-order valence-corrected chi connectivity index (χ1v) is 4.81. The zero-order valence-corrected chi connectivity index (χ0v) is 9.80. The van der Waals surface area contributed by atoms with Gasteiger partial charge in [0, 0.05) is 11.0 Å². The van der Waals surface area contributed by atoms with Crippen LogP contribution >= 0.6 is 0 Å². The molecule has 80 valence electrons. The summed E-state index contributed by atoms with van der Waals surface area (Å²) < 4.78 is 5.49. The van der Waals surface area contributed by atoms with Crippen LogP contribution in [0.4, 0.5) is 6.01 Å². The average Bonchev–Trinajstić information content (AvgIpc) is 2.29. The molecule has 1 heterocycles. The molecule has 1 N–H and O–H groups in total. The fourth-order valence-corrected chi connectivity index (χ4v) is 0.898. The van der Waals surface area contributed by atoms with Gasteiger partial charge in [0.1, 0.15) is 0 Å². The lowest BCUT2D eigenvalue weighted by Gasteiger charge is -2.18. The average molecular weight is 197 g/mol. The topological polar surface area (TPSA) is 51.0 Å². The molecule has 4 heteroatoms. The molecule has 0 radical (unpaired) electrons. The van der Waals surface area contributed by atoms with Crippen LogP contribution in [0, 0.1) is 0 Å². The fraction of sp³-hybridized carbons (Fsp3) is 0.800. The third-order valence-electron chi connectivity index (χ3n) is 1.55. The van der Waals surface area contributed by atoms with Crippen molar-refractivity contribution in [1.29, 1.82) is 0 Å². The smallest absolute Gasteiger partial charge is 0.315 e. The van der Waals surface area contributed by atoms with E-state index in [1.165, 1.54) is 0 Å². The van der Waals surface area contributed by atoms with Crippen molar-refractivity contribution in [2.75, 3.05) is 5.32 Å². The van der Waals surface area contributed by atoms with Crippen molar-refractivity contribution in [3.8, 4) is 0 Å². The van der Waals surface area contributed by atoms with Gasteiger partial charge < -0.3 is 9.73 Å². The van der Waals surface area contributed by atoms with Crippen LogP contribution in [-0.2, 0) is 5.41 Å². The molecule has 1 aromatic heterocycles. The number of anilines is 1. The number of hydrogen-bond acceptors (Lipinski definition) is 4. The Morgan fingerprint density at radius 3 is 1.93 bits per heavy atom. The summed E-state index contributed by atoms with van der Waals surface area (Å²) in [4.78, 5) is 0. The molecule has 0 aliphatic carbocycles. The predicted molar refractivity (Wildman–Crippen MR) is 56.4 cm³/mol. The van der Waals surface area contributed by atoms with E-state index in [-0.39, 0.29) is 11.0 Å². The second-order valence-electron chi connectivity index (χ2n) is 5.54. The molecule has 0 bridgehead atoms. The molecule has 0 unspecified atom stereocenters. The number of nitrogens with zero attached hydrogens (tertiary/aromatic N) is 2. The van der Waals surface area contributed by atoms with Crippen LogP contribution in [0.3, 0.4) is 0 Å². The van der Waals surface area contributed by atoms with Crippen LogP contribution in [-0.4, -0.2) is 15.7 Å². The minimum atomic E-state index is -0.0924. The maximum Gasteiger partial charge on any atom is 0.315 e. The summed E-state index contributed by atoms with van der Waals surface area (Å²) in [6, 6.07) is 0.488. The van der Waals surface area contributed by atoms with Crippen LogP contribution in [0.25, 0.3) is 0 Å². The number of rotatable bonds is 1. The Labute approximate surface area is 85.1 Å². The quantitative estimate of drug-likeness (QED) is 0.751. The molecule has 0 spiro atoms. The first-order valence-electron chi connectivity index (χ1n) is 4.81. The van der Waals surface area contributed by atoms with Gasteiger partial charge in [-0.2, -0.15) is 0 Å². The highest BCUT2D eigenvalue weighted by Gasteiger charge is 2.22. The highest BCUT2D eigenvalue weighted by Crippen LogP contribution is 2.23. The SMILES string of the molecule is CC(C)(C)Nc1nnc(C(C)(C)C)o1. The summed E-state index contributed by atoms with van der Waals surface area (Å²) in [6.07, 6.45) is 0. The Bertz CT molecular complexity index is 304. The first-order chi connectivity index (χ1) is 6.18. The highest BCUT2D eigenvalue weighted by atomic mass is 16.4. The maximum atomic E-state index is 5.49. The van der Waals surface area contributed by atoms with Crippen molar-refractivity contribution in [2.24, 2.45) is 0 Å². The molecule has 0 amide bonds. The third-order valence-corrected chi connectivity index (χ3v) is 1.55. The maximum absolute atomic E-state index is 5.49. The van der Waals surface area contributed by atoms with Gasteiger partial charge in [-0.05, 0) is 20.8 Å². The standard InChI is InChI=1S/C10H19N3O/c1-9(2,3)7-12-13-8(14-7)11-10(4,5)6/h1-6H3,(H,11,13). The van der Waals surface area contributed by atoms with Gasteiger partial charge in [0.15, 0.2) is 0 Å². The van der Waals surface area contributed by atoms with E-state index >= 15 is 0 Å². The molecule has 0 saturated carbocycles. The molecule has 4 nitrogen and oxygen atoms in total. The lowest BCUT2D eigenvalue weighted by molar-refractivity contribution is 0.394. The number of nitrogens with one attached hydrogen (secondary N) is 1. The summed E-state index contributed by atoms with van der Waals surface area (Å²) in [7, 11) is 0. The van der Waals surface area contributed by atoms with Gasteiger partial charge in [-0.3, -0.25) is 0 Å². The van der Waals surface area contributed by atoms with Crippen LogP contribution in [0.15, 0.2) is 4.42 Å². The van der Waals surface area contributed by atoms with Crippen molar-refractivity contribution in [3.63, 3.8) is 0 Å². The summed E-state index contributed by atoms with van der Waals surface area (Å²) in [5.41, 5.74) is -0.146. The normalized spacial score (nSPS) is 13.0.